The highest BCUT2D eigenvalue weighted by molar-refractivity contribution is 6.31. The molecule has 3 nitrogen and oxygen atoms in total. The van der Waals surface area contributed by atoms with Crippen molar-refractivity contribution in [2.24, 2.45) is 0 Å². The number of hydrogen-bond acceptors (Lipinski definition) is 2. The molecular formula is C20H18ClNO2. The summed E-state index contributed by atoms with van der Waals surface area (Å²) in [6, 6.07) is 19.2. The monoisotopic (exact) mass is 339 g/mol. The van der Waals surface area contributed by atoms with Crippen molar-refractivity contribution in [2.75, 3.05) is 5.32 Å². The maximum atomic E-state index is 12.4. The van der Waals surface area contributed by atoms with E-state index in [2.05, 4.69) is 5.32 Å². The third kappa shape index (κ3) is 3.52. The topological polar surface area (TPSA) is 38.3 Å². The molecule has 122 valence electrons. The first-order valence-corrected chi connectivity index (χ1v) is 8.14. The minimum absolute atomic E-state index is 0.214. The van der Waals surface area contributed by atoms with Crippen LogP contribution in [-0.4, -0.2) is 12.0 Å². The van der Waals surface area contributed by atoms with Crippen LogP contribution < -0.4 is 10.1 Å². The minimum Gasteiger partial charge on any atom is -0.481 e. The number of hydrogen-bond donors (Lipinski definition) is 1. The molecule has 0 saturated heterocycles. The van der Waals surface area contributed by atoms with Crippen LogP contribution in [0.2, 0.25) is 5.02 Å². The Balaban J connectivity index is 1.72. The lowest BCUT2D eigenvalue weighted by Gasteiger charge is -2.16. The molecule has 3 aromatic carbocycles. The van der Waals surface area contributed by atoms with E-state index in [0.29, 0.717) is 16.5 Å². The third-order valence-electron chi connectivity index (χ3n) is 3.93. The Hall–Kier alpha value is -2.52. The van der Waals surface area contributed by atoms with Crippen LogP contribution in [0.5, 0.6) is 5.75 Å². The van der Waals surface area contributed by atoms with Gasteiger partial charge in [0.2, 0.25) is 0 Å². The molecule has 0 spiro atoms. The summed E-state index contributed by atoms with van der Waals surface area (Å²) in [6.07, 6.45) is -0.621. The fraction of sp³-hybridized carbons (Fsp3) is 0.150. The van der Waals surface area contributed by atoms with Crippen LogP contribution in [0.25, 0.3) is 10.8 Å². The summed E-state index contributed by atoms with van der Waals surface area (Å²) in [7, 11) is 0. The smallest absolute Gasteiger partial charge is 0.265 e. The average molecular weight is 340 g/mol. The highest BCUT2D eigenvalue weighted by Gasteiger charge is 2.16. The van der Waals surface area contributed by atoms with Gasteiger partial charge in [0, 0.05) is 10.7 Å². The van der Waals surface area contributed by atoms with Gasteiger partial charge in [-0.2, -0.15) is 0 Å². The fourth-order valence-electron chi connectivity index (χ4n) is 2.48. The Morgan fingerprint density at radius 1 is 1.04 bits per heavy atom. The van der Waals surface area contributed by atoms with Gasteiger partial charge in [-0.25, -0.2) is 0 Å². The normalized spacial score (nSPS) is 12.0. The predicted molar refractivity (Wildman–Crippen MR) is 98.9 cm³/mol. The van der Waals surface area contributed by atoms with E-state index >= 15 is 0 Å². The van der Waals surface area contributed by atoms with Crippen molar-refractivity contribution >= 4 is 34.0 Å². The second-order valence-corrected chi connectivity index (χ2v) is 6.08. The molecule has 3 rings (SSSR count). The van der Waals surface area contributed by atoms with Gasteiger partial charge >= 0.3 is 0 Å². The third-order valence-corrected chi connectivity index (χ3v) is 4.34. The van der Waals surface area contributed by atoms with Crippen LogP contribution in [0.15, 0.2) is 60.7 Å². The molecule has 0 fully saturated rings. The summed E-state index contributed by atoms with van der Waals surface area (Å²) in [5.74, 6) is 0.452. The molecule has 1 atom stereocenters. The van der Waals surface area contributed by atoms with Crippen LogP contribution in [-0.2, 0) is 4.79 Å². The number of carbonyl (C=O) groups excluding carboxylic acids is 1. The van der Waals surface area contributed by atoms with E-state index in [-0.39, 0.29) is 5.91 Å². The molecule has 0 radical (unpaired) electrons. The highest BCUT2D eigenvalue weighted by atomic mass is 35.5. The second kappa shape index (κ2) is 6.93. The van der Waals surface area contributed by atoms with Crippen molar-refractivity contribution in [3.63, 3.8) is 0 Å². The van der Waals surface area contributed by atoms with Crippen LogP contribution in [0.1, 0.15) is 12.5 Å². The molecule has 0 saturated carbocycles. The molecular weight excluding hydrogens is 322 g/mol. The van der Waals surface area contributed by atoms with E-state index in [4.69, 9.17) is 16.3 Å². The molecule has 1 N–H and O–H groups in total. The molecule has 3 aromatic rings. The number of rotatable bonds is 4. The SMILES string of the molecule is Cc1c(Cl)cccc1NC(=O)[C@H](C)Oc1ccc2ccccc2c1. The first-order chi connectivity index (χ1) is 11.5. The quantitative estimate of drug-likeness (QED) is 0.708. The largest absolute Gasteiger partial charge is 0.481 e. The average Bonchev–Trinajstić information content (AvgIpc) is 2.58. The zero-order valence-electron chi connectivity index (χ0n) is 13.5. The zero-order valence-corrected chi connectivity index (χ0v) is 14.3. The van der Waals surface area contributed by atoms with Gasteiger partial charge in [-0.1, -0.05) is 48.0 Å². The maximum Gasteiger partial charge on any atom is 0.265 e. The summed E-state index contributed by atoms with van der Waals surface area (Å²) >= 11 is 6.08. The molecule has 0 aliphatic carbocycles. The first kappa shape index (κ1) is 16.3. The van der Waals surface area contributed by atoms with Crippen LogP contribution in [0.3, 0.4) is 0 Å². The van der Waals surface area contributed by atoms with E-state index in [0.717, 1.165) is 16.3 Å². The van der Waals surface area contributed by atoms with E-state index < -0.39 is 6.10 Å². The van der Waals surface area contributed by atoms with Gasteiger partial charge in [-0.15, -0.1) is 0 Å². The van der Waals surface area contributed by atoms with E-state index in [1.54, 1.807) is 19.1 Å². The molecule has 0 heterocycles. The van der Waals surface area contributed by atoms with Gasteiger partial charge in [0.25, 0.3) is 5.91 Å². The predicted octanol–water partition coefficient (Wildman–Crippen LogP) is 5.21. The van der Waals surface area contributed by atoms with E-state index in [1.165, 1.54) is 0 Å². The lowest BCUT2D eigenvalue weighted by Crippen LogP contribution is -2.30. The molecule has 24 heavy (non-hydrogen) atoms. The first-order valence-electron chi connectivity index (χ1n) is 7.76. The highest BCUT2D eigenvalue weighted by Crippen LogP contribution is 2.24. The molecule has 0 bridgehead atoms. The van der Waals surface area contributed by atoms with Crippen molar-refractivity contribution in [1.82, 2.24) is 0 Å². The molecule has 1 amide bonds. The summed E-state index contributed by atoms with van der Waals surface area (Å²) in [5, 5.41) is 5.69. The number of halogens is 1. The molecule has 0 unspecified atom stereocenters. The number of anilines is 1. The Morgan fingerprint density at radius 3 is 2.58 bits per heavy atom. The van der Waals surface area contributed by atoms with Crippen molar-refractivity contribution < 1.29 is 9.53 Å². The second-order valence-electron chi connectivity index (χ2n) is 5.67. The van der Waals surface area contributed by atoms with Crippen LogP contribution in [0, 0.1) is 6.92 Å². The number of fused-ring (bicyclic) bond motifs is 1. The summed E-state index contributed by atoms with van der Waals surface area (Å²) < 4.78 is 5.78. The number of nitrogens with one attached hydrogen (secondary N) is 1. The van der Waals surface area contributed by atoms with Gasteiger partial charge in [-0.05, 0) is 54.4 Å². The summed E-state index contributed by atoms with van der Waals surface area (Å²) in [5.41, 5.74) is 1.53. The molecule has 0 aliphatic rings. The number of carbonyl (C=O) groups is 1. The van der Waals surface area contributed by atoms with Crippen molar-refractivity contribution in [1.29, 1.82) is 0 Å². The molecule has 0 aromatic heterocycles. The lowest BCUT2D eigenvalue weighted by atomic mass is 10.1. The van der Waals surface area contributed by atoms with Crippen molar-refractivity contribution in [2.45, 2.75) is 20.0 Å². The summed E-state index contributed by atoms with van der Waals surface area (Å²) in [6.45, 7) is 3.59. The minimum atomic E-state index is -0.621. The number of ether oxygens (including phenoxy) is 1. The fourth-order valence-corrected chi connectivity index (χ4v) is 2.65. The van der Waals surface area contributed by atoms with Crippen molar-refractivity contribution in [3.05, 3.63) is 71.2 Å². The number of benzene rings is 3. The van der Waals surface area contributed by atoms with Crippen molar-refractivity contribution in [3.8, 4) is 5.75 Å². The van der Waals surface area contributed by atoms with Gasteiger partial charge in [0.05, 0.1) is 0 Å². The summed E-state index contributed by atoms with van der Waals surface area (Å²) in [4.78, 5) is 12.4. The van der Waals surface area contributed by atoms with Crippen LogP contribution in [0.4, 0.5) is 5.69 Å². The standard InChI is InChI=1S/C20H18ClNO2/c1-13-18(21)8-5-9-19(13)22-20(23)14(2)24-17-11-10-15-6-3-4-7-16(15)12-17/h3-12,14H,1-2H3,(H,22,23)/t14-/m0/s1. The lowest BCUT2D eigenvalue weighted by molar-refractivity contribution is -0.122. The van der Waals surface area contributed by atoms with Crippen LogP contribution >= 0.6 is 11.6 Å². The van der Waals surface area contributed by atoms with Gasteiger partial charge in [0.15, 0.2) is 6.10 Å². The Labute approximate surface area is 146 Å². The van der Waals surface area contributed by atoms with E-state index in [1.807, 2.05) is 55.5 Å². The Morgan fingerprint density at radius 2 is 1.79 bits per heavy atom. The van der Waals surface area contributed by atoms with E-state index in [9.17, 15) is 4.79 Å². The number of amides is 1. The van der Waals surface area contributed by atoms with Gasteiger partial charge in [-0.3, -0.25) is 4.79 Å². The van der Waals surface area contributed by atoms with Gasteiger partial charge < -0.3 is 10.1 Å². The molecule has 4 heteroatoms. The Kier molecular flexibility index (Phi) is 4.72. The molecule has 0 aliphatic heterocycles. The Bertz CT molecular complexity index is 892. The zero-order chi connectivity index (χ0) is 17.1. The van der Waals surface area contributed by atoms with Gasteiger partial charge in [0.1, 0.15) is 5.75 Å². The maximum absolute atomic E-state index is 12.4.